The van der Waals surface area contributed by atoms with Crippen molar-refractivity contribution in [3.05, 3.63) is 28.8 Å². The molecular weight excluding hydrogens is 200 g/mol. The van der Waals surface area contributed by atoms with Crippen molar-refractivity contribution in [2.75, 3.05) is 6.61 Å². The number of benzene rings is 1. The maximum absolute atomic E-state index is 10.1. The van der Waals surface area contributed by atoms with E-state index in [-0.39, 0.29) is 6.10 Å². The molecule has 0 bridgehead atoms. The van der Waals surface area contributed by atoms with Crippen LogP contribution in [0.5, 0.6) is 5.75 Å². The van der Waals surface area contributed by atoms with Crippen LogP contribution >= 0.6 is 0 Å². The van der Waals surface area contributed by atoms with Crippen LogP contribution in [-0.4, -0.2) is 11.7 Å². The lowest BCUT2D eigenvalue weighted by Crippen LogP contribution is -2.04. The Labute approximate surface area is 97.3 Å². The van der Waals surface area contributed by atoms with Crippen LogP contribution in [-0.2, 0) is 0 Å². The molecular formula is C14H20O2. The van der Waals surface area contributed by atoms with Crippen molar-refractivity contribution < 1.29 is 9.84 Å². The Kier molecular flexibility index (Phi) is 3.20. The highest BCUT2D eigenvalue weighted by Crippen LogP contribution is 2.39. The molecule has 1 aromatic rings. The number of hydrogen-bond donors (Lipinski definition) is 1. The molecule has 0 saturated heterocycles. The van der Waals surface area contributed by atoms with E-state index in [0.717, 1.165) is 29.7 Å². The highest BCUT2D eigenvalue weighted by molar-refractivity contribution is 5.49. The van der Waals surface area contributed by atoms with E-state index in [1.54, 1.807) is 0 Å². The minimum Gasteiger partial charge on any atom is -0.493 e. The zero-order chi connectivity index (χ0) is 11.7. The third-order valence-electron chi connectivity index (χ3n) is 3.27. The van der Waals surface area contributed by atoms with E-state index >= 15 is 0 Å². The van der Waals surface area contributed by atoms with Crippen molar-refractivity contribution in [2.24, 2.45) is 0 Å². The molecule has 2 rings (SSSR count). The Morgan fingerprint density at radius 2 is 2.12 bits per heavy atom. The summed E-state index contributed by atoms with van der Waals surface area (Å²) in [5, 5.41) is 10.1. The minimum atomic E-state index is -0.365. The molecule has 0 amide bonds. The standard InChI is InChI=1S/C14H20O2/c1-9(2)11-7-6-10(3)13-12(15)5-4-8-16-14(11)13/h6-7,9,12,15H,4-5,8H2,1-3H3. The number of fused-ring (bicyclic) bond motifs is 1. The summed E-state index contributed by atoms with van der Waals surface area (Å²) >= 11 is 0. The van der Waals surface area contributed by atoms with Gasteiger partial charge in [0.1, 0.15) is 5.75 Å². The summed E-state index contributed by atoms with van der Waals surface area (Å²) in [6.07, 6.45) is 1.36. The zero-order valence-corrected chi connectivity index (χ0v) is 10.3. The smallest absolute Gasteiger partial charge is 0.128 e. The number of aliphatic hydroxyl groups excluding tert-OH is 1. The maximum atomic E-state index is 10.1. The first-order valence-electron chi connectivity index (χ1n) is 6.05. The molecule has 0 aromatic heterocycles. The van der Waals surface area contributed by atoms with Crippen molar-refractivity contribution in [1.29, 1.82) is 0 Å². The van der Waals surface area contributed by atoms with Gasteiger partial charge < -0.3 is 9.84 Å². The van der Waals surface area contributed by atoms with E-state index < -0.39 is 0 Å². The maximum Gasteiger partial charge on any atom is 0.128 e. The van der Waals surface area contributed by atoms with Gasteiger partial charge in [0.2, 0.25) is 0 Å². The van der Waals surface area contributed by atoms with Crippen LogP contribution in [0.2, 0.25) is 0 Å². The van der Waals surface area contributed by atoms with Crippen LogP contribution < -0.4 is 4.74 Å². The first-order chi connectivity index (χ1) is 7.61. The van der Waals surface area contributed by atoms with Gasteiger partial charge in [-0.1, -0.05) is 26.0 Å². The second-order valence-corrected chi connectivity index (χ2v) is 4.88. The van der Waals surface area contributed by atoms with E-state index in [2.05, 4.69) is 26.0 Å². The summed E-state index contributed by atoms with van der Waals surface area (Å²) in [6.45, 7) is 7.07. The highest BCUT2D eigenvalue weighted by Gasteiger charge is 2.23. The second kappa shape index (κ2) is 4.46. The fourth-order valence-corrected chi connectivity index (χ4v) is 2.34. The van der Waals surface area contributed by atoms with Gasteiger partial charge in [-0.15, -0.1) is 0 Å². The average Bonchev–Trinajstić information content (AvgIpc) is 2.41. The molecule has 1 N–H and O–H groups in total. The van der Waals surface area contributed by atoms with Gasteiger partial charge in [0.15, 0.2) is 0 Å². The number of rotatable bonds is 1. The molecule has 0 aliphatic carbocycles. The van der Waals surface area contributed by atoms with E-state index in [4.69, 9.17) is 4.74 Å². The van der Waals surface area contributed by atoms with Gasteiger partial charge in [0, 0.05) is 5.56 Å². The zero-order valence-electron chi connectivity index (χ0n) is 10.3. The predicted octanol–water partition coefficient (Wildman–Crippen LogP) is 3.32. The van der Waals surface area contributed by atoms with E-state index in [0.29, 0.717) is 12.5 Å². The quantitative estimate of drug-likeness (QED) is 0.786. The predicted molar refractivity (Wildman–Crippen MR) is 65.0 cm³/mol. The Balaban J connectivity index is 2.58. The third kappa shape index (κ3) is 1.94. The van der Waals surface area contributed by atoms with Crippen molar-refractivity contribution in [3.63, 3.8) is 0 Å². The lowest BCUT2D eigenvalue weighted by Gasteiger charge is -2.19. The van der Waals surface area contributed by atoms with Crippen LogP contribution in [0, 0.1) is 6.92 Å². The molecule has 1 unspecified atom stereocenters. The number of aryl methyl sites for hydroxylation is 1. The van der Waals surface area contributed by atoms with E-state index in [1.807, 2.05) is 6.92 Å². The topological polar surface area (TPSA) is 29.5 Å². The monoisotopic (exact) mass is 220 g/mol. The summed E-state index contributed by atoms with van der Waals surface area (Å²) in [5.41, 5.74) is 3.35. The lowest BCUT2D eigenvalue weighted by atomic mass is 9.92. The molecule has 1 atom stereocenters. The van der Waals surface area contributed by atoms with Crippen molar-refractivity contribution in [1.82, 2.24) is 0 Å². The SMILES string of the molecule is Cc1ccc(C(C)C)c2c1C(O)CCCO2. The van der Waals surface area contributed by atoms with Gasteiger partial charge in [-0.25, -0.2) is 0 Å². The highest BCUT2D eigenvalue weighted by atomic mass is 16.5. The first kappa shape index (κ1) is 11.5. The Hall–Kier alpha value is -1.02. The van der Waals surface area contributed by atoms with Gasteiger partial charge in [-0.05, 0) is 36.8 Å². The number of hydrogen-bond acceptors (Lipinski definition) is 2. The fourth-order valence-electron chi connectivity index (χ4n) is 2.34. The molecule has 2 heteroatoms. The molecule has 1 heterocycles. The van der Waals surface area contributed by atoms with Crippen LogP contribution in [0.1, 0.15) is 55.4 Å². The van der Waals surface area contributed by atoms with Crippen LogP contribution in [0.3, 0.4) is 0 Å². The molecule has 1 aromatic carbocycles. The lowest BCUT2D eigenvalue weighted by molar-refractivity contribution is 0.167. The largest absolute Gasteiger partial charge is 0.493 e. The molecule has 0 radical (unpaired) electrons. The van der Waals surface area contributed by atoms with Gasteiger partial charge in [0.05, 0.1) is 12.7 Å². The molecule has 0 fully saturated rings. The van der Waals surface area contributed by atoms with Crippen LogP contribution in [0.25, 0.3) is 0 Å². The number of ether oxygens (including phenoxy) is 1. The van der Waals surface area contributed by atoms with Crippen LogP contribution in [0.15, 0.2) is 12.1 Å². The molecule has 1 aliphatic rings. The summed E-state index contributed by atoms with van der Waals surface area (Å²) in [4.78, 5) is 0. The molecule has 0 spiro atoms. The molecule has 16 heavy (non-hydrogen) atoms. The first-order valence-corrected chi connectivity index (χ1v) is 6.05. The molecule has 2 nitrogen and oxygen atoms in total. The summed E-state index contributed by atoms with van der Waals surface area (Å²) in [5.74, 6) is 1.36. The van der Waals surface area contributed by atoms with Crippen LogP contribution in [0.4, 0.5) is 0 Å². The van der Waals surface area contributed by atoms with E-state index in [9.17, 15) is 5.11 Å². The molecule has 88 valence electrons. The van der Waals surface area contributed by atoms with Gasteiger partial charge in [-0.3, -0.25) is 0 Å². The Morgan fingerprint density at radius 1 is 1.38 bits per heavy atom. The van der Waals surface area contributed by atoms with Crippen molar-refractivity contribution in [3.8, 4) is 5.75 Å². The van der Waals surface area contributed by atoms with Crippen molar-refractivity contribution >= 4 is 0 Å². The van der Waals surface area contributed by atoms with Gasteiger partial charge >= 0.3 is 0 Å². The summed E-state index contributed by atoms with van der Waals surface area (Å²) in [7, 11) is 0. The van der Waals surface area contributed by atoms with Crippen molar-refractivity contribution in [2.45, 2.75) is 45.6 Å². The molecule has 1 aliphatic heterocycles. The molecule has 0 saturated carbocycles. The minimum absolute atomic E-state index is 0.365. The van der Waals surface area contributed by atoms with Gasteiger partial charge in [-0.2, -0.15) is 0 Å². The number of aliphatic hydroxyl groups is 1. The average molecular weight is 220 g/mol. The second-order valence-electron chi connectivity index (χ2n) is 4.88. The Morgan fingerprint density at radius 3 is 2.81 bits per heavy atom. The summed E-state index contributed by atoms with van der Waals surface area (Å²) < 4.78 is 5.83. The normalized spacial score (nSPS) is 20.2. The Bertz CT molecular complexity index is 383. The fraction of sp³-hybridized carbons (Fsp3) is 0.571. The van der Waals surface area contributed by atoms with E-state index in [1.165, 1.54) is 5.56 Å². The summed E-state index contributed by atoms with van der Waals surface area (Å²) in [6, 6.07) is 4.21. The third-order valence-corrected chi connectivity index (χ3v) is 3.27. The van der Waals surface area contributed by atoms with Gasteiger partial charge in [0.25, 0.3) is 0 Å².